The summed E-state index contributed by atoms with van der Waals surface area (Å²) < 4.78 is 44.3. The maximum absolute atomic E-state index is 14.2. The van der Waals surface area contributed by atoms with Gasteiger partial charge in [0.15, 0.2) is 21.4 Å². The summed E-state index contributed by atoms with van der Waals surface area (Å²) in [6.45, 7) is 1.94. The summed E-state index contributed by atoms with van der Waals surface area (Å²) in [5.41, 5.74) is 1.48. The van der Waals surface area contributed by atoms with E-state index in [1.54, 1.807) is 36.5 Å². The minimum Gasteiger partial charge on any atom is -0.453 e. The number of hydrogen-bond donors (Lipinski definition) is 1. The second kappa shape index (κ2) is 9.49. The zero-order valence-electron chi connectivity index (χ0n) is 16.3. The first-order chi connectivity index (χ1) is 14.3. The molecule has 1 N–H and O–H groups in total. The molecule has 0 saturated heterocycles. The van der Waals surface area contributed by atoms with Crippen LogP contribution in [-0.4, -0.2) is 25.1 Å². The number of sulfone groups is 1. The van der Waals surface area contributed by atoms with Crippen molar-refractivity contribution >= 4 is 15.7 Å². The third-order valence-electron chi connectivity index (χ3n) is 4.33. The van der Waals surface area contributed by atoms with Crippen LogP contribution in [0.3, 0.4) is 0 Å². The summed E-state index contributed by atoms with van der Waals surface area (Å²) in [6, 6.07) is 14.2. The highest BCUT2D eigenvalue weighted by atomic mass is 32.2. The van der Waals surface area contributed by atoms with Gasteiger partial charge in [-0.25, -0.2) is 12.8 Å². The van der Waals surface area contributed by atoms with Gasteiger partial charge in [0.1, 0.15) is 5.75 Å². The summed E-state index contributed by atoms with van der Waals surface area (Å²) in [5, 5.41) is 2.61. The van der Waals surface area contributed by atoms with Crippen molar-refractivity contribution in [2.24, 2.45) is 0 Å². The SMILES string of the molecule is Cc1ccc(S(=O)(=O)CCC(=O)NCc2ccc(Oc3cccnc3)c(F)c2)cc1. The fraction of sp³-hybridized carbons (Fsp3) is 0.182. The van der Waals surface area contributed by atoms with Crippen LogP contribution in [0, 0.1) is 12.7 Å². The maximum atomic E-state index is 14.2. The van der Waals surface area contributed by atoms with Crippen LogP contribution in [0.5, 0.6) is 11.5 Å². The van der Waals surface area contributed by atoms with Crippen molar-refractivity contribution in [1.82, 2.24) is 10.3 Å². The molecule has 8 heteroatoms. The van der Waals surface area contributed by atoms with Crippen LogP contribution in [0.1, 0.15) is 17.5 Å². The van der Waals surface area contributed by atoms with Crippen molar-refractivity contribution in [2.45, 2.75) is 24.8 Å². The molecule has 0 bridgehead atoms. The van der Waals surface area contributed by atoms with Crippen LogP contribution >= 0.6 is 0 Å². The van der Waals surface area contributed by atoms with Crippen molar-refractivity contribution in [3.05, 3.63) is 83.9 Å². The molecule has 3 rings (SSSR count). The first kappa shape index (κ1) is 21.4. The first-order valence-electron chi connectivity index (χ1n) is 9.26. The summed E-state index contributed by atoms with van der Waals surface area (Å²) in [4.78, 5) is 16.1. The average Bonchev–Trinajstić information content (AvgIpc) is 2.74. The number of benzene rings is 2. The van der Waals surface area contributed by atoms with E-state index in [9.17, 15) is 17.6 Å². The number of hydrogen-bond acceptors (Lipinski definition) is 5. The van der Waals surface area contributed by atoms with Gasteiger partial charge in [0.25, 0.3) is 0 Å². The molecule has 1 aromatic heterocycles. The average molecular weight is 428 g/mol. The number of ether oxygens (including phenoxy) is 1. The van der Waals surface area contributed by atoms with Crippen molar-refractivity contribution in [3.8, 4) is 11.5 Å². The predicted molar refractivity (Wildman–Crippen MR) is 110 cm³/mol. The summed E-state index contributed by atoms with van der Waals surface area (Å²) in [6.07, 6.45) is 2.88. The number of nitrogens with one attached hydrogen (secondary N) is 1. The molecule has 0 fully saturated rings. The van der Waals surface area contributed by atoms with Crippen molar-refractivity contribution in [2.75, 3.05) is 5.75 Å². The minimum atomic E-state index is -3.54. The van der Waals surface area contributed by atoms with E-state index in [0.29, 0.717) is 11.3 Å². The Bertz CT molecular complexity index is 1120. The Hall–Kier alpha value is -3.26. The Kier molecular flexibility index (Phi) is 6.79. The van der Waals surface area contributed by atoms with E-state index in [-0.39, 0.29) is 29.4 Å². The number of rotatable bonds is 8. The molecule has 3 aromatic rings. The molecule has 6 nitrogen and oxygen atoms in total. The smallest absolute Gasteiger partial charge is 0.221 e. The van der Waals surface area contributed by atoms with Gasteiger partial charge in [-0.05, 0) is 48.9 Å². The molecule has 0 aliphatic heterocycles. The number of amides is 1. The fourth-order valence-corrected chi connectivity index (χ4v) is 3.89. The van der Waals surface area contributed by atoms with Gasteiger partial charge in [-0.2, -0.15) is 0 Å². The molecule has 0 aliphatic rings. The zero-order chi connectivity index (χ0) is 21.6. The van der Waals surface area contributed by atoms with Crippen molar-refractivity contribution in [1.29, 1.82) is 0 Å². The van der Waals surface area contributed by atoms with Gasteiger partial charge < -0.3 is 10.1 Å². The number of nitrogens with zero attached hydrogens (tertiary/aromatic N) is 1. The van der Waals surface area contributed by atoms with E-state index in [4.69, 9.17) is 4.74 Å². The number of aromatic nitrogens is 1. The van der Waals surface area contributed by atoms with Gasteiger partial charge in [-0.1, -0.05) is 23.8 Å². The topological polar surface area (TPSA) is 85.4 Å². The Morgan fingerprint density at radius 2 is 1.90 bits per heavy atom. The van der Waals surface area contributed by atoms with Crippen LogP contribution in [0.25, 0.3) is 0 Å². The lowest BCUT2D eigenvalue weighted by molar-refractivity contribution is -0.120. The number of carbonyl (C=O) groups is 1. The zero-order valence-corrected chi connectivity index (χ0v) is 17.2. The lowest BCUT2D eigenvalue weighted by Gasteiger charge is -2.09. The van der Waals surface area contributed by atoms with Gasteiger partial charge in [0.05, 0.1) is 16.8 Å². The second-order valence-corrected chi connectivity index (χ2v) is 8.82. The molecule has 30 heavy (non-hydrogen) atoms. The van der Waals surface area contributed by atoms with E-state index in [1.165, 1.54) is 30.5 Å². The quantitative estimate of drug-likeness (QED) is 0.590. The Morgan fingerprint density at radius 1 is 1.13 bits per heavy atom. The minimum absolute atomic E-state index is 0.0438. The predicted octanol–water partition coefficient (Wildman–Crippen LogP) is 3.80. The van der Waals surface area contributed by atoms with Crippen LogP contribution < -0.4 is 10.1 Å². The molecule has 0 radical (unpaired) electrons. The highest BCUT2D eigenvalue weighted by Crippen LogP contribution is 2.24. The van der Waals surface area contributed by atoms with Crippen LogP contribution in [-0.2, 0) is 21.2 Å². The third-order valence-corrected chi connectivity index (χ3v) is 6.06. The van der Waals surface area contributed by atoms with Crippen molar-refractivity contribution in [3.63, 3.8) is 0 Å². The molecule has 0 saturated carbocycles. The lowest BCUT2D eigenvalue weighted by Crippen LogP contribution is -2.25. The first-order valence-corrected chi connectivity index (χ1v) is 10.9. The maximum Gasteiger partial charge on any atom is 0.221 e. The van der Waals surface area contributed by atoms with E-state index in [2.05, 4.69) is 10.3 Å². The molecule has 1 amide bonds. The molecule has 0 aliphatic carbocycles. The summed E-state index contributed by atoms with van der Waals surface area (Å²) in [5.74, 6) is -0.849. The second-order valence-electron chi connectivity index (χ2n) is 6.71. The van der Waals surface area contributed by atoms with Gasteiger partial charge in [-0.3, -0.25) is 9.78 Å². The normalized spacial score (nSPS) is 11.1. The number of pyridine rings is 1. The molecule has 1 heterocycles. The number of aryl methyl sites for hydroxylation is 1. The monoisotopic (exact) mass is 428 g/mol. The Morgan fingerprint density at radius 3 is 2.57 bits per heavy atom. The van der Waals surface area contributed by atoms with E-state index in [1.807, 2.05) is 6.92 Å². The van der Waals surface area contributed by atoms with E-state index in [0.717, 1.165) is 5.56 Å². The third kappa shape index (κ3) is 5.87. The van der Waals surface area contributed by atoms with Gasteiger partial charge in [0, 0.05) is 19.2 Å². The molecular weight excluding hydrogens is 407 g/mol. The van der Waals surface area contributed by atoms with Crippen molar-refractivity contribution < 1.29 is 22.3 Å². The van der Waals surface area contributed by atoms with E-state index >= 15 is 0 Å². The summed E-state index contributed by atoms with van der Waals surface area (Å²) >= 11 is 0. The molecule has 0 spiro atoms. The van der Waals surface area contributed by atoms with Crippen LogP contribution in [0.4, 0.5) is 4.39 Å². The molecule has 0 atom stereocenters. The lowest BCUT2D eigenvalue weighted by atomic mass is 10.2. The highest BCUT2D eigenvalue weighted by Gasteiger charge is 2.16. The van der Waals surface area contributed by atoms with Crippen LogP contribution in [0.2, 0.25) is 0 Å². The molecular formula is C22H21FN2O4S. The Labute approximate surface area is 174 Å². The largest absolute Gasteiger partial charge is 0.453 e. The Balaban J connectivity index is 1.52. The highest BCUT2D eigenvalue weighted by molar-refractivity contribution is 7.91. The van der Waals surface area contributed by atoms with Gasteiger partial charge in [-0.15, -0.1) is 0 Å². The number of carbonyl (C=O) groups excluding carboxylic acids is 1. The number of halogens is 1. The molecule has 156 valence electrons. The van der Waals surface area contributed by atoms with Gasteiger partial charge in [0.2, 0.25) is 5.91 Å². The summed E-state index contributed by atoms with van der Waals surface area (Å²) in [7, 11) is -3.54. The van der Waals surface area contributed by atoms with Crippen LogP contribution in [0.15, 0.2) is 71.9 Å². The standard InChI is InChI=1S/C22H21FN2O4S/c1-16-4-7-19(8-5-16)30(27,28)12-10-22(26)25-14-17-6-9-21(20(23)13-17)29-18-3-2-11-24-15-18/h2-9,11,13,15H,10,12,14H2,1H3,(H,25,26). The van der Waals surface area contributed by atoms with Gasteiger partial charge >= 0.3 is 0 Å². The molecule has 2 aromatic carbocycles. The molecule has 0 unspecified atom stereocenters. The van der Waals surface area contributed by atoms with E-state index < -0.39 is 21.6 Å². The fourth-order valence-electron chi connectivity index (χ4n) is 2.65.